The van der Waals surface area contributed by atoms with E-state index in [-0.39, 0.29) is 39.6 Å². The predicted molar refractivity (Wildman–Crippen MR) is 116 cm³/mol. The zero-order valence-electron chi connectivity index (χ0n) is 17.2. The smallest absolute Gasteiger partial charge is 0.434 e. The Kier molecular flexibility index (Phi) is 7.23. The Balaban J connectivity index is 2.21. The van der Waals surface area contributed by atoms with Gasteiger partial charge in [-0.2, -0.15) is 13.2 Å². The maximum atomic E-state index is 13.6. The Labute approximate surface area is 194 Å². The third-order valence-electron chi connectivity index (χ3n) is 4.25. The quantitative estimate of drug-likeness (QED) is 0.444. The van der Waals surface area contributed by atoms with Gasteiger partial charge in [0.25, 0.3) is 5.91 Å². The van der Waals surface area contributed by atoms with Crippen molar-refractivity contribution in [2.24, 2.45) is 0 Å². The summed E-state index contributed by atoms with van der Waals surface area (Å²) in [5.41, 5.74) is -2.24. The summed E-state index contributed by atoms with van der Waals surface area (Å²) in [6.45, 7) is 2.83. The van der Waals surface area contributed by atoms with Crippen LogP contribution in [0.15, 0.2) is 30.3 Å². The molecule has 0 saturated heterocycles. The molecule has 0 spiro atoms. The topological polar surface area (TPSA) is 94.6 Å². The fraction of sp³-hybridized carbons (Fsp3) is 0.238. The molecule has 0 atom stereocenters. The third-order valence-corrected chi connectivity index (χ3v) is 5.58. The van der Waals surface area contributed by atoms with E-state index in [2.05, 4.69) is 10.3 Å². The van der Waals surface area contributed by atoms with Crippen LogP contribution < -0.4 is 5.32 Å². The van der Waals surface area contributed by atoms with Crippen molar-refractivity contribution in [3.05, 3.63) is 57.1 Å². The molecule has 0 aliphatic rings. The molecule has 33 heavy (non-hydrogen) atoms. The minimum atomic E-state index is -4.96. The average molecular weight is 501 g/mol. The third kappa shape index (κ3) is 5.25. The Hall–Kier alpha value is -3.18. The van der Waals surface area contributed by atoms with Crippen LogP contribution >= 0.6 is 22.9 Å². The largest absolute Gasteiger partial charge is 0.462 e. The molecule has 0 aliphatic heterocycles. The molecule has 7 nitrogen and oxygen atoms in total. The number of carbonyl (C=O) groups excluding carboxylic acids is 3. The molecule has 174 valence electrons. The van der Waals surface area contributed by atoms with Crippen molar-refractivity contribution in [2.75, 3.05) is 18.5 Å². The van der Waals surface area contributed by atoms with Gasteiger partial charge >= 0.3 is 18.1 Å². The summed E-state index contributed by atoms with van der Waals surface area (Å²) in [5, 5.41) is 2.87. The summed E-state index contributed by atoms with van der Waals surface area (Å²) in [6, 6.07) is 6.72. The van der Waals surface area contributed by atoms with Crippen LogP contribution in [0.5, 0.6) is 0 Å². The second-order valence-corrected chi connectivity index (χ2v) is 7.88. The van der Waals surface area contributed by atoms with Crippen molar-refractivity contribution < 1.29 is 37.0 Å². The summed E-state index contributed by atoms with van der Waals surface area (Å²) in [4.78, 5) is 40.7. The van der Waals surface area contributed by atoms with E-state index in [0.29, 0.717) is 16.4 Å². The normalized spacial score (nSPS) is 11.3. The number of halogens is 4. The molecule has 12 heteroatoms. The van der Waals surface area contributed by atoms with Gasteiger partial charge in [0.2, 0.25) is 0 Å². The van der Waals surface area contributed by atoms with Crippen molar-refractivity contribution in [3.8, 4) is 0 Å². The van der Waals surface area contributed by atoms with E-state index in [1.54, 1.807) is 6.92 Å². The minimum absolute atomic E-state index is 0.00699. The number of ether oxygens (including phenoxy) is 2. The van der Waals surface area contributed by atoms with Crippen LogP contribution in [-0.2, 0) is 15.7 Å². The summed E-state index contributed by atoms with van der Waals surface area (Å²) in [7, 11) is 0. The Morgan fingerprint density at radius 2 is 1.67 bits per heavy atom. The molecule has 3 aromatic rings. The fourth-order valence-electron chi connectivity index (χ4n) is 2.86. The van der Waals surface area contributed by atoms with Gasteiger partial charge in [0.1, 0.15) is 9.71 Å². The van der Waals surface area contributed by atoms with E-state index in [9.17, 15) is 27.6 Å². The molecule has 1 aromatic carbocycles. The van der Waals surface area contributed by atoms with Crippen molar-refractivity contribution in [1.29, 1.82) is 0 Å². The summed E-state index contributed by atoms with van der Waals surface area (Å²) in [5.74, 6) is -2.76. The molecule has 1 N–H and O–H groups in total. The number of benzene rings is 1. The number of thiophene rings is 1. The number of esters is 2. The van der Waals surface area contributed by atoms with Crippen LogP contribution in [-0.4, -0.2) is 36.0 Å². The lowest BCUT2D eigenvalue weighted by atomic mass is 10.1. The van der Waals surface area contributed by atoms with Crippen molar-refractivity contribution in [3.63, 3.8) is 0 Å². The van der Waals surface area contributed by atoms with Crippen molar-refractivity contribution in [1.82, 2.24) is 4.98 Å². The van der Waals surface area contributed by atoms with Gasteiger partial charge < -0.3 is 14.8 Å². The maximum absolute atomic E-state index is 13.6. The Bertz CT molecular complexity index is 1230. The van der Waals surface area contributed by atoms with Crippen molar-refractivity contribution in [2.45, 2.75) is 20.0 Å². The molecular weight excluding hydrogens is 485 g/mol. The first kappa shape index (κ1) is 24.5. The SMILES string of the molecule is CCOC(=O)c1cc2c(NC(=O)c3ccc(Cl)cc3)c(C(=O)OCC)sc2nc1C(F)(F)F. The van der Waals surface area contributed by atoms with E-state index in [1.165, 1.54) is 31.2 Å². The monoisotopic (exact) mass is 500 g/mol. The number of carbonyl (C=O) groups is 3. The van der Waals surface area contributed by atoms with E-state index in [4.69, 9.17) is 21.1 Å². The molecule has 0 aliphatic carbocycles. The van der Waals surface area contributed by atoms with Gasteiger partial charge in [-0.1, -0.05) is 11.6 Å². The molecule has 2 aromatic heterocycles. The van der Waals surface area contributed by atoms with Gasteiger partial charge in [0, 0.05) is 16.0 Å². The van der Waals surface area contributed by atoms with E-state index in [1.807, 2.05) is 0 Å². The van der Waals surface area contributed by atoms with Crippen LogP contribution in [0, 0.1) is 0 Å². The molecule has 0 saturated carbocycles. The summed E-state index contributed by atoms with van der Waals surface area (Å²) < 4.78 is 50.5. The molecule has 2 heterocycles. The first-order chi connectivity index (χ1) is 15.6. The minimum Gasteiger partial charge on any atom is -0.462 e. The highest BCUT2D eigenvalue weighted by molar-refractivity contribution is 7.21. The molecule has 1 amide bonds. The highest BCUT2D eigenvalue weighted by atomic mass is 35.5. The highest BCUT2D eigenvalue weighted by Crippen LogP contribution is 2.40. The van der Waals surface area contributed by atoms with Crippen LogP contribution in [0.1, 0.15) is 49.9 Å². The van der Waals surface area contributed by atoms with E-state index >= 15 is 0 Å². The number of fused-ring (bicyclic) bond motifs is 1. The van der Waals surface area contributed by atoms with Crippen LogP contribution in [0.4, 0.5) is 18.9 Å². The van der Waals surface area contributed by atoms with Crippen molar-refractivity contribution >= 4 is 56.7 Å². The zero-order chi connectivity index (χ0) is 24.3. The number of pyridine rings is 1. The lowest BCUT2D eigenvalue weighted by molar-refractivity contribution is -0.141. The lowest BCUT2D eigenvalue weighted by Gasteiger charge is -2.12. The number of amides is 1. The molecule has 0 fully saturated rings. The Morgan fingerprint density at radius 3 is 2.24 bits per heavy atom. The van der Waals surface area contributed by atoms with Gasteiger partial charge in [0.15, 0.2) is 5.69 Å². The van der Waals surface area contributed by atoms with Gasteiger partial charge in [-0.25, -0.2) is 14.6 Å². The lowest BCUT2D eigenvalue weighted by Crippen LogP contribution is -2.17. The Morgan fingerprint density at radius 1 is 1.06 bits per heavy atom. The number of alkyl halides is 3. The average Bonchev–Trinajstić information content (AvgIpc) is 3.10. The van der Waals surface area contributed by atoms with Gasteiger partial charge in [-0.15, -0.1) is 11.3 Å². The molecule has 3 rings (SSSR count). The van der Waals surface area contributed by atoms with Gasteiger partial charge in [0.05, 0.1) is 24.5 Å². The van der Waals surface area contributed by atoms with Crippen LogP contribution in [0.25, 0.3) is 10.2 Å². The second-order valence-electron chi connectivity index (χ2n) is 6.44. The highest BCUT2D eigenvalue weighted by Gasteiger charge is 2.39. The molecule has 0 bridgehead atoms. The first-order valence-electron chi connectivity index (χ1n) is 9.52. The van der Waals surface area contributed by atoms with Gasteiger partial charge in [-0.3, -0.25) is 4.79 Å². The van der Waals surface area contributed by atoms with E-state index in [0.717, 1.165) is 6.07 Å². The van der Waals surface area contributed by atoms with Crippen LogP contribution in [0.2, 0.25) is 5.02 Å². The molecule has 0 radical (unpaired) electrons. The van der Waals surface area contributed by atoms with Gasteiger partial charge in [-0.05, 0) is 44.2 Å². The number of hydrogen-bond acceptors (Lipinski definition) is 7. The number of rotatable bonds is 6. The number of hydrogen-bond donors (Lipinski definition) is 1. The van der Waals surface area contributed by atoms with Crippen LogP contribution in [0.3, 0.4) is 0 Å². The number of nitrogens with zero attached hydrogens (tertiary/aromatic N) is 1. The number of anilines is 1. The first-order valence-corrected chi connectivity index (χ1v) is 10.7. The predicted octanol–water partition coefficient (Wildman–Crippen LogP) is 5.57. The van der Waals surface area contributed by atoms with E-state index < -0.39 is 35.3 Å². The number of nitrogens with one attached hydrogen (secondary N) is 1. The standard InChI is InChI=1S/C21H16ClF3N2O5S/c1-3-31-19(29)13-9-12-14(26-17(28)10-5-7-11(22)8-6-10)15(20(30)32-4-2)33-18(12)27-16(13)21(23,24)25/h5-9H,3-4H2,1-2H3,(H,26,28). The summed E-state index contributed by atoms with van der Waals surface area (Å²) >= 11 is 6.43. The molecular formula is C21H16ClF3N2O5S. The molecule has 0 unspecified atom stereocenters. The number of aromatic nitrogens is 1. The second kappa shape index (κ2) is 9.75. The maximum Gasteiger partial charge on any atom is 0.434 e. The summed E-state index contributed by atoms with van der Waals surface area (Å²) in [6.07, 6.45) is -4.96. The fourth-order valence-corrected chi connectivity index (χ4v) is 3.99. The zero-order valence-corrected chi connectivity index (χ0v) is 18.8.